The van der Waals surface area contributed by atoms with Crippen molar-refractivity contribution in [1.29, 1.82) is 0 Å². The van der Waals surface area contributed by atoms with Crippen molar-refractivity contribution < 1.29 is 23.9 Å². The summed E-state index contributed by atoms with van der Waals surface area (Å²) in [5.41, 5.74) is 7.79. The summed E-state index contributed by atoms with van der Waals surface area (Å²) in [4.78, 5) is 39.0. The molecule has 44 heavy (non-hydrogen) atoms. The van der Waals surface area contributed by atoms with Gasteiger partial charge in [-0.3, -0.25) is 9.59 Å². The number of rotatable bonds is 13. The Bertz CT molecular complexity index is 1230. The molecule has 0 heterocycles. The normalized spacial score (nSPS) is 22.4. The van der Waals surface area contributed by atoms with Crippen molar-refractivity contribution in [2.75, 3.05) is 19.7 Å². The summed E-state index contributed by atoms with van der Waals surface area (Å²) in [7, 11) is 0. The number of hydrogen-bond acceptors (Lipinski definition) is 6. The third kappa shape index (κ3) is 9.45. The van der Waals surface area contributed by atoms with Crippen molar-refractivity contribution in [3.05, 3.63) is 65.7 Å². The number of hydrogen-bond donors (Lipinski definition) is 4. The molecule has 3 aliphatic carbocycles. The fourth-order valence-corrected chi connectivity index (χ4v) is 6.42. The smallest absolute Gasteiger partial charge is 0.407 e. The van der Waals surface area contributed by atoms with Gasteiger partial charge in [0.25, 0.3) is 0 Å². The van der Waals surface area contributed by atoms with E-state index >= 15 is 0 Å². The summed E-state index contributed by atoms with van der Waals surface area (Å²) in [6.45, 7) is 9.29. The Morgan fingerprint density at radius 1 is 0.795 bits per heavy atom. The van der Waals surface area contributed by atoms with Crippen molar-refractivity contribution in [2.24, 2.45) is 16.6 Å². The molecule has 5 N–H and O–H groups in total. The van der Waals surface area contributed by atoms with Crippen molar-refractivity contribution in [3.8, 4) is 5.75 Å². The van der Waals surface area contributed by atoms with E-state index in [0.29, 0.717) is 32.5 Å². The van der Waals surface area contributed by atoms with Gasteiger partial charge in [-0.2, -0.15) is 0 Å². The predicted octanol–water partition coefficient (Wildman–Crippen LogP) is 4.66. The monoisotopic (exact) mass is 606 g/mol. The van der Waals surface area contributed by atoms with Gasteiger partial charge in [-0.15, -0.1) is 0 Å². The van der Waals surface area contributed by atoms with Crippen LogP contribution in [0.4, 0.5) is 4.79 Å². The van der Waals surface area contributed by atoms with Crippen LogP contribution in [-0.4, -0.2) is 55.3 Å². The van der Waals surface area contributed by atoms with Crippen LogP contribution in [0.3, 0.4) is 0 Å². The van der Waals surface area contributed by atoms with E-state index in [1.807, 2.05) is 82.3 Å². The molecular formula is C35H50N4O5. The SMILES string of the molecule is CCOc1ccc(C[C@@H](N)C(=O)N[C@@H](Cc2ccccc2)C(=O)NCC23CCC(CNC(=O)OC(C)(C)C)(CC2)CC3)cc1. The second-order valence-corrected chi connectivity index (χ2v) is 13.7. The number of benzene rings is 2. The van der Waals surface area contributed by atoms with Crippen LogP contribution < -0.4 is 26.4 Å². The average molecular weight is 607 g/mol. The maximum Gasteiger partial charge on any atom is 0.407 e. The minimum absolute atomic E-state index is 0.0364. The van der Waals surface area contributed by atoms with Gasteiger partial charge < -0.3 is 31.2 Å². The Hall–Kier alpha value is -3.59. The molecule has 9 heteroatoms. The van der Waals surface area contributed by atoms with E-state index in [2.05, 4.69) is 16.0 Å². The fourth-order valence-electron chi connectivity index (χ4n) is 6.42. The van der Waals surface area contributed by atoms with Crippen LogP contribution in [0.25, 0.3) is 0 Å². The lowest BCUT2D eigenvalue weighted by Crippen LogP contribution is -2.56. The molecule has 3 aliphatic rings. The van der Waals surface area contributed by atoms with Gasteiger partial charge in [0.1, 0.15) is 17.4 Å². The summed E-state index contributed by atoms with van der Waals surface area (Å²) in [5.74, 6) is 0.219. The van der Waals surface area contributed by atoms with Crippen LogP contribution in [0, 0.1) is 10.8 Å². The van der Waals surface area contributed by atoms with E-state index < -0.39 is 17.7 Å². The third-order valence-corrected chi connectivity index (χ3v) is 9.14. The van der Waals surface area contributed by atoms with Gasteiger partial charge in [0.05, 0.1) is 12.6 Å². The quantitative estimate of drug-likeness (QED) is 0.262. The zero-order valence-corrected chi connectivity index (χ0v) is 26.7. The zero-order valence-electron chi connectivity index (χ0n) is 26.7. The lowest BCUT2D eigenvalue weighted by atomic mass is 9.53. The van der Waals surface area contributed by atoms with E-state index in [9.17, 15) is 14.4 Å². The van der Waals surface area contributed by atoms with Crippen molar-refractivity contribution >= 4 is 17.9 Å². The number of nitrogens with one attached hydrogen (secondary N) is 3. The minimum atomic E-state index is -0.795. The van der Waals surface area contributed by atoms with Gasteiger partial charge in [-0.05, 0) is 107 Å². The molecule has 3 fully saturated rings. The molecule has 2 atom stereocenters. The largest absolute Gasteiger partial charge is 0.494 e. The van der Waals surface area contributed by atoms with Gasteiger partial charge in [0, 0.05) is 19.5 Å². The topological polar surface area (TPSA) is 132 Å². The maximum atomic E-state index is 13.6. The van der Waals surface area contributed by atoms with Crippen LogP contribution >= 0.6 is 0 Å². The Balaban J connectivity index is 1.32. The van der Waals surface area contributed by atoms with Crippen molar-refractivity contribution in [2.45, 2.75) is 96.7 Å². The highest BCUT2D eigenvalue weighted by molar-refractivity contribution is 5.90. The molecule has 0 spiro atoms. The highest BCUT2D eigenvalue weighted by atomic mass is 16.6. The molecule has 0 aromatic heterocycles. The summed E-state index contributed by atoms with van der Waals surface area (Å²) in [6, 6.07) is 15.7. The maximum absolute atomic E-state index is 13.6. The summed E-state index contributed by atoms with van der Waals surface area (Å²) < 4.78 is 10.9. The average Bonchev–Trinajstić information content (AvgIpc) is 3.00. The molecular weight excluding hydrogens is 556 g/mol. The van der Waals surface area contributed by atoms with Crippen molar-refractivity contribution in [3.63, 3.8) is 0 Å². The van der Waals surface area contributed by atoms with E-state index in [1.165, 1.54) is 0 Å². The first-order valence-corrected chi connectivity index (χ1v) is 16.0. The number of fused-ring (bicyclic) bond motifs is 3. The Kier molecular flexibility index (Phi) is 10.9. The van der Waals surface area contributed by atoms with Gasteiger partial charge >= 0.3 is 6.09 Å². The molecule has 2 aromatic carbocycles. The van der Waals surface area contributed by atoms with Crippen LogP contribution in [0.1, 0.15) is 77.3 Å². The van der Waals surface area contributed by atoms with Crippen LogP contribution in [0.15, 0.2) is 54.6 Å². The molecule has 0 saturated heterocycles. The Morgan fingerprint density at radius 3 is 1.89 bits per heavy atom. The van der Waals surface area contributed by atoms with Crippen LogP contribution in [0.5, 0.6) is 5.75 Å². The molecule has 2 bridgehead atoms. The second-order valence-electron chi connectivity index (χ2n) is 13.7. The zero-order chi connectivity index (χ0) is 31.8. The number of carbonyl (C=O) groups is 3. The highest BCUT2D eigenvalue weighted by Crippen LogP contribution is 2.56. The van der Waals surface area contributed by atoms with Gasteiger partial charge in [0.2, 0.25) is 11.8 Å². The van der Waals surface area contributed by atoms with Gasteiger partial charge in [-0.25, -0.2) is 4.79 Å². The summed E-state index contributed by atoms with van der Waals surface area (Å²) >= 11 is 0. The standard InChI is InChI=1S/C35H50N4O5/c1-5-43-27-13-11-26(12-14-27)21-28(36)30(40)39-29(22-25-9-7-6-8-10-25)31(41)37-23-34-15-18-35(19-16-34,20-17-34)24-38-32(42)44-33(2,3)4/h6-14,28-29H,5,15-24,36H2,1-4H3,(H,37,41)(H,38,42)(H,39,40)/t28-,29+,34?,35?/m1/s1. The molecule has 3 amide bonds. The molecule has 2 aromatic rings. The number of carbonyl (C=O) groups excluding carboxylic acids is 3. The van der Waals surface area contributed by atoms with Crippen molar-refractivity contribution in [1.82, 2.24) is 16.0 Å². The fraction of sp³-hybridized carbons (Fsp3) is 0.571. The number of amides is 3. The van der Waals surface area contributed by atoms with Gasteiger partial charge in [-0.1, -0.05) is 42.5 Å². The van der Waals surface area contributed by atoms with E-state index in [0.717, 1.165) is 55.4 Å². The molecule has 0 aliphatic heterocycles. The minimum Gasteiger partial charge on any atom is -0.494 e. The predicted molar refractivity (Wildman–Crippen MR) is 171 cm³/mol. The molecule has 3 saturated carbocycles. The van der Waals surface area contributed by atoms with E-state index in [-0.39, 0.29) is 28.7 Å². The van der Waals surface area contributed by atoms with Gasteiger partial charge in [0.15, 0.2) is 0 Å². The Labute approximate surface area is 262 Å². The number of alkyl carbamates (subject to hydrolysis) is 1. The highest BCUT2D eigenvalue weighted by Gasteiger charge is 2.48. The van der Waals surface area contributed by atoms with E-state index in [1.54, 1.807) is 0 Å². The van der Waals surface area contributed by atoms with Crippen LogP contribution in [-0.2, 0) is 27.2 Å². The summed E-state index contributed by atoms with van der Waals surface area (Å²) in [5, 5.41) is 9.12. The molecule has 240 valence electrons. The summed E-state index contributed by atoms with van der Waals surface area (Å²) in [6.07, 6.45) is 6.35. The van der Waals surface area contributed by atoms with E-state index in [4.69, 9.17) is 15.2 Å². The first kappa shape index (κ1) is 33.3. The lowest BCUT2D eigenvalue weighted by Gasteiger charge is -2.53. The third-order valence-electron chi connectivity index (χ3n) is 9.14. The number of ether oxygens (including phenoxy) is 2. The lowest BCUT2D eigenvalue weighted by molar-refractivity contribution is -0.130. The number of nitrogens with two attached hydrogens (primary N) is 1. The molecule has 0 radical (unpaired) electrons. The first-order valence-electron chi connectivity index (χ1n) is 16.0. The van der Waals surface area contributed by atoms with Crippen LogP contribution in [0.2, 0.25) is 0 Å². The molecule has 9 nitrogen and oxygen atoms in total. The second kappa shape index (κ2) is 14.5. The first-order chi connectivity index (χ1) is 20.9. The Morgan fingerprint density at radius 2 is 1.34 bits per heavy atom. The molecule has 5 rings (SSSR count). The molecule has 0 unspecified atom stereocenters.